The van der Waals surface area contributed by atoms with E-state index in [2.05, 4.69) is 29.6 Å². The number of rotatable bonds is 1. The van der Waals surface area contributed by atoms with Gasteiger partial charge in [0.1, 0.15) is 0 Å². The molecule has 1 aromatic carbocycles. The first-order valence-electron chi connectivity index (χ1n) is 4.73. The topological polar surface area (TPSA) is 21.3 Å². The second-order valence-electron chi connectivity index (χ2n) is 3.38. The van der Waals surface area contributed by atoms with Gasteiger partial charge in [-0.05, 0) is 24.1 Å². The zero-order chi connectivity index (χ0) is 9.10. The number of hydrogen-bond donors (Lipinski definition) is 1. The first-order valence-corrected chi connectivity index (χ1v) is 4.73. The van der Waals surface area contributed by atoms with Crippen LogP contribution in [0.15, 0.2) is 24.3 Å². The van der Waals surface area contributed by atoms with Gasteiger partial charge in [0.05, 0.1) is 6.10 Å². The van der Waals surface area contributed by atoms with E-state index in [1.807, 2.05) is 0 Å². The van der Waals surface area contributed by atoms with E-state index in [0.717, 1.165) is 19.5 Å². The standard InChI is InChI=1S/C11H15NO/c1-13-11-8-12-7-6-9-4-2-3-5-10(9)11/h2-5,11-12H,6-8H2,1H3. The molecule has 1 N–H and O–H groups in total. The number of methoxy groups -OCH3 is 1. The van der Waals surface area contributed by atoms with E-state index in [-0.39, 0.29) is 6.10 Å². The predicted octanol–water partition coefficient (Wildman–Crippen LogP) is 1.52. The molecule has 1 atom stereocenters. The lowest BCUT2D eigenvalue weighted by atomic mass is 10.0. The van der Waals surface area contributed by atoms with Gasteiger partial charge in [0.2, 0.25) is 0 Å². The minimum Gasteiger partial charge on any atom is -0.375 e. The van der Waals surface area contributed by atoms with Gasteiger partial charge in [-0.25, -0.2) is 0 Å². The highest BCUT2D eigenvalue weighted by atomic mass is 16.5. The molecular weight excluding hydrogens is 162 g/mol. The predicted molar refractivity (Wildman–Crippen MR) is 52.8 cm³/mol. The molecule has 2 heteroatoms. The maximum absolute atomic E-state index is 5.44. The molecule has 0 saturated carbocycles. The Morgan fingerprint density at radius 3 is 3.08 bits per heavy atom. The van der Waals surface area contributed by atoms with Crippen molar-refractivity contribution in [1.82, 2.24) is 5.32 Å². The van der Waals surface area contributed by atoms with Crippen molar-refractivity contribution in [2.45, 2.75) is 12.5 Å². The summed E-state index contributed by atoms with van der Waals surface area (Å²) in [5.74, 6) is 0. The van der Waals surface area contributed by atoms with Crippen molar-refractivity contribution in [3.05, 3.63) is 35.4 Å². The average molecular weight is 177 g/mol. The Bertz CT molecular complexity index is 285. The molecule has 2 rings (SSSR count). The second-order valence-corrected chi connectivity index (χ2v) is 3.38. The van der Waals surface area contributed by atoms with E-state index in [1.54, 1.807) is 7.11 Å². The highest BCUT2D eigenvalue weighted by Gasteiger charge is 2.16. The van der Waals surface area contributed by atoms with Crippen LogP contribution in [0.25, 0.3) is 0 Å². The Hall–Kier alpha value is -0.860. The van der Waals surface area contributed by atoms with Crippen molar-refractivity contribution < 1.29 is 4.74 Å². The summed E-state index contributed by atoms with van der Waals surface area (Å²) >= 11 is 0. The van der Waals surface area contributed by atoms with Gasteiger partial charge in [0.25, 0.3) is 0 Å². The molecule has 0 radical (unpaired) electrons. The van der Waals surface area contributed by atoms with E-state index in [4.69, 9.17) is 4.74 Å². The molecule has 1 aliphatic heterocycles. The highest BCUT2D eigenvalue weighted by molar-refractivity contribution is 5.30. The van der Waals surface area contributed by atoms with Crippen LogP contribution < -0.4 is 5.32 Å². The summed E-state index contributed by atoms with van der Waals surface area (Å²) < 4.78 is 5.44. The van der Waals surface area contributed by atoms with E-state index < -0.39 is 0 Å². The normalized spacial score (nSPS) is 22.1. The van der Waals surface area contributed by atoms with Crippen LogP contribution in [0.3, 0.4) is 0 Å². The van der Waals surface area contributed by atoms with E-state index in [0.29, 0.717) is 0 Å². The van der Waals surface area contributed by atoms with Crippen molar-refractivity contribution in [2.24, 2.45) is 0 Å². The Labute approximate surface area is 78.9 Å². The molecule has 0 spiro atoms. The quantitative estimate of drug-likeness (QED) is 0.702. The summed E-state index contributed by atoms with van der Waals surface area (Å²) in [6, 6.07) is 8.53. The van der Waals surface area contributed by atoms with Gasteiger partial charge < -0.3 is 10.1 Å². The number of nitrogens with one attached hydrogen (secondary N) is 1. The largest absolute Gasteiger partial charge is 0.375 e. The van der Waals surface area contributed by atoms with Crippen LogP contribution in [-0.4, -0.2) is 20.2 Å². The summed E-state index contributed by atoms with van der Waals surface area (Å²) in [5, 5.41) is 3.37. The van der Waals surface area contributed by atoms with Crippen LogP contribution in [0.2, 0.25) is 0 Å². The molecule has 0 fully saturated rings. The summed E-state index contributed by atoms with van der Waals surface area (Å²) in [5.41, 5.74) is 2.76. The van der Waals surface area contributed by atoms with Gasteiger partial charge in [0.15, 0.2) is 0 Å². The van der Waals surface area contributed by atoms with E-state index in [1.165, 1.54) is 11.1 Å². The van der Waals surface area contributed by atoms with Crippen LogP contribution in [0.5, 0.6) is 0 Å². The summed E-state index contributed by atoms with van der Waals surface area (Å²) in [6.45, 7) is 1.98. The molecule has 1 aliphatic rings. The number of fused-ring (bicyclic) bond motifs is 1. The van der Waals surface area contributed by atoms with Crippen LogP contribution >= 0.6 is 0 Å². The summed E-state index contributed by atoms with van der Waals surface area (Å²) in [6.07, 6.45) is 1.33. The van der Waals surface area contributed by atoms with Crippen LogP contribution in [0.4, 0.5) is 0 Å². The summed E-state index contributed by atoms with van der Waals surface area (Å²) in [7, 11) is 1.77. The molecule has 70 valence electrons. The van der Waals surface area contributed by atoms with Gasteiger partial charge >= 0.3 is 0 Å². The van der Waals surface area contributed by atoms with Crippen molar-refractivity contribution in [3.63, 3.8) is 0 Å². The SMILES string of the molecule is COC1CNCCc2ccccc21. The fourth-order valence-corrected chi connectivity index (χ4v) is 1.85. The van der Waals surface area contributed by atoms with Gasteiger partial charge in [-0.1, -0.05) is 24.3 Å². The van der Waals surface area contributed by atoms with Crippen molar-refractivity contribution in [3.8, 4) is 0 Å². The third-order valence-corrected chi connectivity index (χ3v) is 2.59. The maximum atomic E-state index is 5.44. The van der Waals surface area contributed by atoms with Crippen LogP contribution in [-0.2, 0) is 11.2 Å². The molecule has 0 saturated heterocycles. The van der Waals surface area contributed by atoms with Crippen molar-refractivity contribution in [1.29, 1.82) is 0 Å². The van der Waals surface area contributed by atoms with Crippen molar-refractivity contribution in [2.75, 3.05) is 20.2 Å². The molecule has 0 aliphatic carbocycles. The van der Waals surface area contributed by atoms with E-state index in [9.17, 15) is 0 Å². The third-order valence-electron chi connectivity index (χ3n) is 2.59. The van der Waals surface area contributed by atoms with Gasteiger partial charge in [0, 0.05) is 13.7 Å². The molecule has 0 amide bonds. The fourth-order valence-electron chi connectivity index (χ4n) is 1.85. The molecule has 1 unspecified atom stereocenters. The zero-order valence-electron chi connectivity index (χ0n) is 7.92. The van der Waals surface area contributed by atoms with Crippen LogP contribution in [0.1, 0.15) is 17.2 Å². The third kappa shape index (κ3) is 1.74. The number of ether oxygens (including phenoxy) is 1. The lowest BCUT2D eigenvalue weighted by Crippen LogP contribution is -2.21. The monoisotopic (exact) mass is 177 g/mol. The van der Waals surface area contributed by atoms with Gasteiger partial charge in [-0.3, -0.25) is 0 Å². The molecule has 0 bridgehead atoms. The minimum absolute atomic E-state index is 0.221. The Balaban J connectivity index is 2.35. The Kier molecular flexibility index (Phi) is 2.62. The van der Waals surface area contributed by atoms with Crippen LogP contribution in [0, 0.1) is 0 Å². The number of hydrogen-bond acceptors (Lipinski definition) is 2. The van der Waals surface area contributed by atoms with Crippen molar-refractivity contribution >= 4 is 0 Å². The molecule has 1 heterocycles. The second kappa shape index (κ2) is 3.90. The first kappa shape index (κ1) is 8.73. The molecule has 2 nitrogen and oxygen atoms in total. The first-order chi connectivity index (χ1) is 6.42. The molecule has 0 aromatic heterocycles. The minimum atomic E-state index is 0.221. The molecule has 1 aromatic rings. The Morgan fingerprint density at radius 1 is 1.38 bits per heavy atom. The molecular formula is C11H15NO. The highest BCUT2D eigenvalue weighted by Crippen LogP contribution is 2.22. The lowest BCUT2D eigenvalue weighted by Gasteiger charge is -2.15. The molecule has 13 heavy (non-hydrogen) atoms. The van der Waals surface area contributed by atoms with Gasteiger partial charge in [-0.2, -0.15) is 0 Å². The fraction of sp³-hybridized carbons (Fsp3) is 0.455. The van der Waals surface area contributed by atoms with Gasteiger partial charge in [-0.15, -0.1) is 0 Å². The smallest absolute Gasteiger partial charge is 0.0948 e. The maximum Gasteiger partial charge on any atom is 0.0948 e. The lowest BCUT2D eigenvalue weighted by molar-refractivity contribution is 0.104. The summed E-state index contributed by atoms with van der Waals surface area (Å²) in [4.78, 5) is 0. The van der Waals surface area contributed by atoms with E-state index >= 15 is 0 Å². The number of benzene rings is 1. The zero-order valence-corrected chi connectivity index (χ0v) is 7.92. The Morgan fingerprint density at radius 2 is 2.23 bits per heavy atom. The average Bonchev–Trinajstić information content (AvgIpc) is 2.39.